The van der Waals surface area contributed by atoms with E-state index in [4.69, 9.17) is 5.26 Å². The monoisotopic (exact) mass is 371 g/mol. The van der Waals surface area contributed by atoms with Crippen molar-refractivity contribution in [2.24, 2.45) is 0 Å². The molecular formula is C19H21N3O3S. The van der Waals surface area contributed by atoms with Crippen LogP contribution < -0.4 is 4.72 Å². The largest absolute Gasteiger partial charge is 0.341 e. The molecule has 0 unspecified atom stereocenters. The minimum absolute atomic E-state index is 0.00119. The van der Waals surface area contributed by atoms with E-state index in [2.05, 4.69) is 10.8 Å². The van der Waals surface area contributed by atoms with Crippen LogP contribution in [0.1, 0.15) is 23.1 Å². The average molecular weight is 371 g/mol. The van der Waals surface area contributed by atoms with Crippen LogP contribution >= 0.6 is 0 Å². The third-order valence-electron chi connectivity index (χ3n) is 4.06. The molecule has 0 saturated heterocycles. The third-order valence-corrected chi connectivity index (χ3v) is 5.49. The normalized spacial score (nSPS) is 11.0. The Morgan fingerprint density at radius 3 is 2.19 bits per heavy atom. The highest BCUT2D eigenvalue weighted by molar-refractivity contribution is 7.89. The average Bonchev–Trinajstić information content (AvgIpc) is 2.67. The van der Waals surface area contributed by atoms with E-state index >= 15 is 0 Å². The van der Waals surface area contributed by atoms with E-state index in [1.165, 1.54) is 19.2 Å². The molecule has 0 aromatic heterocycles. The number of benzene rings is 2. The molecule has 2 aromatic carbocycles. The van der Waals surface area contributed by atoms with Gasteiger partial charge in [-0.2, -0.15) is 5.26 Å². The number of hydrogen-bond acceptors (Lipinski definition) is 4. The van der Waals surface area contributed by atoms with Gasteiger partial charge in [-0.3, -0.25) is 4.79 Å². The molecule has 0 radical (unpaired) electrons. The molecule has 0 spiro atoms. The summed E-state index contributed by atoms with van der Waals surface area (Å²) in [6.07, 6.45) is 0.876. The number of nitrogens with one attached hydrogen (secondary N) is 1. The molecule has 0 aliphatic carbocycles. The maximum Gasteiger partial charge on any atom is 0.240 e. The van der Waals surface area contributed by atoms with Crippen LogP contribution in [0.2, 0.25) is 0 Å². The fraction of sp³-hybridized carbons (Fsp3) is 0.263. The number of carbonyl (C=O) groups excluding carboxylic acids is 1. The Morgan fingerprint density at radius 2 is 1.65 bits per heavy atom. The Kier molecular flexibility index (Phi) is 6.50. The summed E-state index contributed by atoms with van der Waals surface area (Å²) < 4.78 is 25.6. The number of aryl methyl sites for hydroxylation is 1. The molecular weight excluding hydrogens is 350 g/mol. The first-order valence-electron chi connectivity index (χ1n) is 8.11. The summed E-state index contributed by atoms with van der Waals surface area (Å²) in [5, 5.41) is 8.80. The van der Waals surface area contributed by atoms with Crippen LogP contribution in [0.15, 0.2) is 53.4 Å². The van der Waals surface area contributed by atoms with Gasteiger partial charge in [-0.05, 0) is 48.9 Å². The van der Waals surface area contributed by atoms with Gasteiger partial charge in [-0.15, -0.1) is 0 Å². The van der Waals surface area contributed by atoms with Gasteiger partial charge in [0.15, 0.2) is 0 Å². The van der Waals surface area contributed by atoms with E-state index in [-0.39, 0.29) is 10.8 Å². The summed E-state index contributed by atoms with van der Waals surface area (Å²) >= 11 is 0. The number of amides is 1. The minimum atomic E-state index is -3.44. The maximum atomic E-state index is 12.3. The van der Waals surface area contributed by atoms with E-state index in [1.807, 2.05) is 12.1 Å². The van der Waals surface area contributed by atoms with Crippen LogP contribution in [0.25, 0.3) is 0 Å². The Bertz CT molecular complexity index is 899. The maximum absolute atomic E-state index is 12.3. The molecule has 1 N–H and O–H groups in total. The van der Waals surface area contributed by atoms with Gasteiger partial charge < -0.3 is 4.90 Å². The van der Waals surface area contributed by atoms with Gasteiger partial charge in [0.25, 0.3) is 0 Å². The molecule has 0 heterocycles. The van der Waals surface area contributed by atoms with Crippen molar-refractivity contribution >= 4 is 15.9 Å². The first-order chi connectivity index (χ1) is 12.4. The predicted octanol–water partition coefficient (Wildman–Crippen LogP) is 2.06. The first-order valence-corrected chi connectivity index (χ1v) is 9.59. The number of rotatable bonds is 7. The quantitative estimate of drug-likeness (QED) is 0.807. The molecule has 0 aliphatic rings. The van der Waals surface area contributed by atoms with Gasteiger partial charge in [0.05, 0.1) is 16.5 Å². The number of nitriles is 1. The zero-order chi connectivity index (χ0) is 19.2. The highest BCUT2D eigenvalue weighted by Crippen LogP contribution is 2.13. The molecule has 26 heavy (non-hydrogen) atoms. The molecule has 0 saturated carbocycles. The second-order valence-corrected chi connectivity index (χ2v) is 7.80. The van der Waals surface area contributed by atoms with E-state index in [0.717, 1.165) is 11.1 Å². The highest BCUT2D eigenvalue weighted by atomic mass is 32.2. The lowest BCUT2D eigenvalue weighted by Crippen LogP contribution is -2.26. The molecule has 0 fully saturated rings. The molecule has 1 amide bonds. The van der Waals surface area contributed by atoms with Crippen molar-refractivity contribution < 1.29 is 13.2 Å². The van der Waals surface area contributed by atoms with Gasteiger partial charge >= 0.3 is 0 Å². The summed E-state index contributed by atoms with van der Waals surface area (Å²) in [5.74, 6) is 0.00119. The van der Waals surface area contributed by atoms with Crippen molar-refractivity contribution in [1.82, 2.24) is 9.62 Å². The van der Waals surface area contributed by atoms with Crippen LogP contribution in [-0.4, -0.2) is 33.3 Å². The summed E-state index contributed by atoms with van der Waals surface area (Å²) in [7, 11) is -0.339. The lowest BCUT2D eigenvalue weighted by Gasteiger charge is -2.17. The Morgan fingerprint density at radius 1 is 1.08 bits per heavy atom. The molecule has 0 atom stereocenters. The second-order valence-electron chi connectivity index (χ2n) is 5.91. The summed E-state index contributed by atoms with van der Waals surface area (Å²) in [6, 6.07) is 15.7. The fourth-order valence-corrected chi connectivity index (χ4v) is 3.17. The van der Waals surface area contributed by atoms with E-state index < -0.39 is 10.0 Å². The predicted molar refractivity (Wildman–Crippen MR) is 98.6 cm³/mol. The van der Waals surface area contributed by atoms with Crippen molar-refractivity contribution in [2.45, 2.75) is 24.3 Å². The fourth-order valence-electron chi connectivity index (χ4n) is 2.44. The lowest BCUT2D eigenvalue weighted by atomic mass is 10.1. The first kappa shape index (κ1) is 19.6. The topological polar surface area (TPSA) is 90.3 Å². The lowest BCUT2D eigenvalue weighted by molar-refractivity contribution is -0.130. The molecule has 136 valence electrons. The van der Waals surface area contributed by atoms with Gasteiger partial charge in [0.1, 0.15) is 0 Å². The van der Waals surface area contributed by atoms with Crippen molar-refractivity contribution in [3.05, 3.63) is 65.2 Å². The Labute approximate surface area is 154 Å². The summed E-state index contributed by atoms with van der Waals surface area (Å²) in [4.78, 5) is 14.1. The van der Waals surface area contributed by atoms with Crippen LogP contribution in [0.3, 0.4) is 0 Å². The van der Waals surface area contributed by atoms with Crippen molar-refractivity contribution in [3.8, 4) is 6.07 Å². The van der Waals surface area contributed by atoms with Crippen molar-refractivity contribution in [2.75, 3.05) is 14.1 Å². The van der Waals surface area contributed by atoms with Crippen molar-refractivity contribution in [1.29, 1.82) is 5.26 Å². The molecule has 6 nitrogen and oxygen atoms in total. The zero-order valence-electron chi connectivity index (χ0n) is 14.8. The SMILES string of the molecule is CNS(=O)(=O)c1ccc(CCC(=O)N(C)Cc2ccc(C#N)cc2)cc1. The molecule has 2 aromatic rings. The van der Waals surface area contributed by atoms with Crippen LogP contribution in [0.4, 0.5) is 0 Å². The number of sulfonamides is 1. The van der Waals surface area contributed by atoms with Crippen molar-refractivity contribution in [3.63, 3.8) is 0 Å². The second kappa shape index (κ2) is 8.61. The molecule has 0 bridgehead atoms. The van der Waals surface area contributed by atoms with Crippen LogP contribution in [0.5, 0.6) is 0 Å². The molecule has 7 heteroatoms. The van der Waals surface area contributed by atoms with E-state index in [9.17, 15) is 13.2 Å². The Balaban J connectivity index is 1.90. The van der Waals surface area contributed by atoms with Gasteiger partial charge in [-0.25, -0.2) is 13.1 Å². The zero-order valence-corrected chi connectivity index (χ0v) is 15.6. The summed E-state index contributed by atoms with van der Waals surface area (Å²) in [5.41, 5.74) is 2.45. The van der Waals surface area contributed by atoms with Gasteiger partial charge in [-0.1, -0.05) is 24.3 Å². The highest BCUT2D eigenvalue weighted by Gasteiger charge is 2.12. The van der Waals surface area contributed by atoms with Crippen LogP contribution in [0, 0.1) is 11.3 Å². The molecule has 0 aliphatic heterocycles. The third kappa shape index (κ3) is 5.15. The van der Waals surface area contributed by atoms with Gasteiger partial charge in [0.2, 0.25) is 15.9 Å². The number of carbonyl (C=O) groups is 1. The molecule has 2 rings (SSSR count). The van der Waals surface area contributed by atoms with E-state index in [1.54, 1.807) is 36.2 Å². The van der Waals surface area contributed by atoms with E-state index in [0.29, 0.717) is 24.9 Å². The summed E-state index contributed by atoms with van der Waals surface area (Å²) in [6.45, 7) is 0.476. The smallest absolute Gasteiger partial charge is 0.240 e. The van der Waals surface area contributed by atoms with Gasteiger partial charge in [0, 0.05) is 20.0 Å². The number of nitrogens with zero attached hydrogens (tertiary/aromatic N) is 2. The standard InChI is InChI=1S/C19H21N3O3S/c1-21-26(24,25)18-10-7-15(8-11-18)9-12-19(23)22(2)14-17-5-3-16(13-20)4-6-17/h3-8,10-11,21H,9,12,14H2,1-2H3. The van der Waals surface area contributed by atoms with Crippen LogP contribution in [-0.2, 0) is 27.8 Å². The minimum Gasteiger partial charge on any atom is -0.341 e. The number of hydrogen-bond donors (Lipinski definition) is 1. The Hall–Kier alpha value is -2.69.